The molecule has 2 amide bonds. The Bertz CT molecular complexity index is 852. The summed E-state index contributed by atoms with van der Waals surface area (Å²) in [6.07, 6.45) is -5.87. The van der Waals surface area contributed by atoms with Crippen molar-refractivity contribution in [3.05, 3.63) is 35.0 Å². The van der Waals surface area contributed by atoms with Gasteiger partial charge in [-0.1, -0.05) is 6.07 Å². The number of benzene rings is 1. The number of rotatable bonds is 4. The Kier molecular flexibility index (Phi) is 4.81. The molecule has 28 heavy (non-hydrogen) atoms. The van der Waals surface area contributed by atoms with E-state index >= 15 is 0 Å². The van der Waals surface area contributed by atoms with Crippen LogP contribution in [0.2, 0.25) is 0 Å². The van der Waals surface area contributed by atoms with Crippen molar-refractivity contribution in [2.24, 2.45) is 0 Å². The Morgan fingerprint density at radius 3 is 2.57 bits per heavy atom. The molecule has 7 nitrogen and oxygen atoms in total. The summed E-state index contributed by atoms with van der Waals surface area (Å²) < 4.78 is 77.5. The van der Waals surface area contributed by atoms with E-state index in [1.807, 2.05) is 0 Å². The number of hydrogen-bond donors (Lipinski definition) is 2. The highest BCUT2D eigenvalue weighted by Gasteiger charge is 2.58. The number of alkyl halides is 5. The van der Waals surface area contributed by atoms with Crippen molar-refractivity contribution in [3.63, 3.8) is 0 Å². The summed E-state index contributed by atoms with van der Waals surface area (Å²) in [5, 5.41) is 4.65. The molecule has 0 bridgehead atoms. The zero-order chi connectivity index (χ0) is 20.7. The molecule has 2 heterocycles. The molecule has 0 fully saturated rings. The molecule has 0 unspecified atom stereocenters. The maximum atomic E-state index is 13.1. The highest BCUT2D eigenvalue weighted by atomic mass is 19.4. The lowest BCUT2D eigenvalue weighted by atomic mass is 9.95. The van der Waals surface area contributed by atoms with Crippen molar-refractivity contribution < 1.29 is 45.8 Å². The number of urea groups is 1. The molecule has 2 aliphatic rings. The van der Waals surface area contributed by atoms with Gasteiger partial charge in [-0.05, 0) is 24.6 Å². The maximum Gasteiger partial charge on any atom is 0.456 e. The van der Waals surface area contributed by atoms with E-state index in [4.69, 9.17) is 9.47 Å². The van der Waals surface area contributed by atoms with Crippen LogP contribution in [0.3, 0.4) is 0 Å². The van der Waals surface area contributed by atoms with E-state index in [-0.39, 0.29) is 18.1 Å². The fourth-order valence-corrected chi connectivity index (χ4v) is 2.62. The van der Waals surface area contributed by atoms with Gasteiger partial charge in [0.05, 0.1) is 11.6 Å². The van der Waals surface area contributed by atoms with E-state index in [1.54, 1.807) is 0 Å². The predicted octanol–water partition coefficient (Wildman–Crippen LogP) is 2.78. The molecule has 0 aromatic heterocycles. The van der Waals surface area contributed by atoms with Gasteiger partial charge in [-0.3, -0.25) is 0 Å². The number of halogens is 5. The average molecular weight is 408 g/mol. The van der Waals surface area contributed by atoms with Crippen LogP contribution in [0.4, 0.5) is 26.7 Å². The van der Waals surface area contributed by atoms with Crippen molar-refractivity contribution in [2.45, 2.75) is 25.1 Å². The lowest BCUT2D eigenvalue weighted by Gasteiger charge is -2.28. The molecule has 0 radical (unpaired) electrons. The quantitative estimate of drug-likeness (QED) is 0.591. The maximum absolute atomic E-state index is 13.1. The summed E-state index contributed by atoms with van der Waals surface area (Å²) in [6.45, 7) is -0.932. The number of esters is 1. The SMILES string of the molecule is CC1=C(C(=O)OCC(F)(F)C(F)(F)F)[C@@H](c2ccc3c(c2)OCO3)NC(=O)N1. The Hall–Kier alpha value is -3.05. The first-order valence-electron chi connectivity index (χ1n) is 7.79. The lowest BCUT2D eigenvalue weighted by molar-refractivity contribution is -0.293. The van der Waals surface area contributed by atoms with Gasteiger partial charge >= 0.3 is 24.1 Å². The largest absolute Gasteiger partial charge is 0.456 e. The van der Waals surface area contributed by atoms with E-state index in [1.165, 1.54) is 25.1 Å². The third-order valence-electron chi connectivity index (χ3n) is 4.02. The Morgan fingerprint density at radius 1 is 1.21 bits per heavy atom. The van der Waals surface area contributed by atoms with Gasteiger partial charge in [0.1, 0.15) is 0 Å². The summed E-state index contributed by atoms with van der Waals surface area (Å²) in [5.74, 6) is -5.91. The first-order chi connectivity index (χ1) is 13.0. The van der Waals surface area contributed by atoms with Crippen LogP contribution < -0.4 is 20.1 Å². The van der Waals surface area contributed by atoms with Gasteiger partial charge < -0.3 is 24.8 Å². The second-order valence-electron chi connectivity index (χ2n) is 5.96. The van der Waals surface area contributed by atoms with Gasteiger partial charge in [0.25, 0.3) is 0 Å². The standard InChI is InChI=1S/C16H13F5N2O5/c1-7-11(13(24)26-5-15(17,18)16(19,20)21)12(23-14(25)22-7)8-2-3-9-10(4-8)28-6-27-9/h2-4,12H,5-6H2,1H3,(H2,22,23,25)/t12-/m1/s1. The van der Waals surface area contributed by atoms with Crippen LogP contribution in [-0.4, -0.2) is 37.5 Å². The van der Waals surface area contributed by atoms with Crippen molar-refractivity contribution in [1.29, 1.82) is 0 Å². The minimum Gasteiger partial charge on any atom is -0.455 e. The molecular weight excluding hydrogens is 395 g/mol. The van der Waals surface area contributed by atoms with Crippen LogP contribution in [0, 0.1) is 0 Å². The van der Waals surface area contributed by atoms with Crippen LogP contribution >= 0.6 is 0 Å². The molecule has 12 heteroatoms. The van der Waals surface area contributed by atoms with Crippen molar-refractivity contribution in [3.8, 4) is 11.5 Å². The molecule has 2 N–H and O–H groups in total. The molecule has 1 aromatic rings. The van der Waals surface area contributed by atoms with Gasteiger partial charge in [-0.15, -0.1) is 0 Å². The van der Waals surface area contributed by atoms with Crippen molar-refractivity contribution >= 4 is 12.0 Å². The number of amides is 2. The monoisotopic (exact) mass is 408 g/mol. The van der Waals surface area contributed by atoms with E-state index in [2.05, 4.69) is 15.4 Å². The molecule has 1 atom stereocenters. The van der Waals surface area contributed by atoms with Crippen LogP contribution in [0.15, 0.2) is 29.5 Å². The number of carbonyl (C=O) groups excluding carboxylic acids is 2. The number of carbonyl (C=O) groups is 2. The van der Waals surface area contributed by atoms with E-state index in [0.29, 0.717) is 17.1 Å². The average Bonchev–Trinajstić information content (AvgIpc) is 3.05. The lowest BCUT2D eigenvalue weighted by Crippen LogP contribution is -2.46. The van der Waals surface area contributed by atoms with Crippen molar-refractivity contribution in [2.75, 3.05) is 13.4 Å². The zero-order valence-electron chi connectivity index (χ0n) is 14.2. The molecule has 0 aliphatic carbocycles. The molecule has 3 rings (SSSR count). The summed E-state index contributed by atoms with van der Waals surface area (Å²) >= 11 is 0. The smallest absolute Gasteiger partial charge is 0.455 e. The first-order valence-corrected chi connectivity index (χ1v) is 7.79. The van der Waals surface area contributed by atoms with Gasteiger partial charge in [-0.2, -0.15) is 22.0 Å². The number of fused-ring (bicyclic) bond motifs is 1. The number of hydrogen-bond acceptors (Lipinski definition) is 5. The minimum absolute atomic E-state index is 0.0341. The Balaban J connectivity index is 1.87. The van der Waals surface area contributed by atoms with Crippen LogP contribution in [0.5, 0.6) is 11.5 Å². The molecule has 0 saturated heterocycles. The van der Waals surface area contributed by atoms with Crippen molar-refractivity contribution in [1.82, 2.24) is 10.6 Å². The summed E-state index contributed by atoms with van der Waals surface area (Å²) in [7, 11) is 0. The van der Waals surface area contributed by atoms with Gasteiger partial charge in [-0.25, -0.2) is 9.59 Å². The highest BCUT2D eigenvalue weighted by Crippen LogP contribution is 2.38. The normalized spacial score (nSPS) is 19.2. The second-order valence-corrected chi connectivity index (χ2v) is 5.96. The van der Waals surface area contributed by atoms with E-state index in [9.17, 15) is 31.5 Å². The summed E-state index contributed by atoms with van der Waals surface area (Å²) in [5.41, 5.74) is -0.0591. The molecule has 0 saturated carbocycles. The van der Waals surface area contributed by atoms with Crippen LogP contribution in [0.25, 0.3) is 0 Å². The zero-order valence-corrected chi connectivity index (χ0v) is 14.2. The van der Waals surface area contributed by atoms with E-state index < -0.39 is 36.7 Å². The third kappa shape index (κ3) is 3.66. The molecule has 2 aliphatic heterocycles. The summed E-state index contributed by atoms with van der Waals surface area (Å²) in [4.78, 5) is 24.1. The first kappa shape index (κ1) is 19.7. The van der Waals surface area contributed by atoms with Gasteiger partial charge in [0, 0.05) is 5.70 Å². The molecule has 152 valence electrons. The van der Waals surface area contributed by atoms with Gasteiger partial charge in [0.2, 0.25) is 6.79 Å². The molecular formula is C16H13F5N2O5. The predicted molar refractivity (Wildman–Crippen MR) is 81.6 cm³/mol. The number of ether oxygens (including phenoxy) is 3. The van der Waals surface area contributed by atoms with Crippen LogP contribution in [0.1, 0.15) is 18.5 Å². The molecule has 0 spiro atoms. The number of nitrogens with one attached hydrogen (secondary N) is 2. The highest BCUT2D eigenvalue weighted by molar-refractivity contribution is 5.95. The molecule has 1 aromatic carbocycles. The Morgan fingerprint density at radius 2 is 1.89 bits per heavy atom. The Labute approximate surface area is 154 Å². The minimum atomic E-state index is -5.87. The second kappa shape index (κ2) is 6.84. The van der Waals surface area contributed by atoms with Gasteiger partial charge in [0.15, 0.2) is 18.1 Å². The summed E-state index contributed by atoms with van der Waals surface area (Å²) in [6, 6.07) is 2.58. The third-order valence-corrected chi connectivity index (χ3v) is 4.02. The topological polar surface area (TPSA) is 85.9 Å². The number of allylic oxidation sites excluding steroid dienone is 1. The fraction of sp³-hybridized carbons (Fsp3) is 0.375. The van der Waals surface area contributed by atoms with Crippen LogP contribution in [-0.2, 0) is 9.53 Å². The van der Waals surface area contributed by atoms with E-state index in [0.717, 1.165) is 0 Å². The fourth-order valence-electron chi connectivity index (χ4n) is 2.62.